The van der Waals surface area contributed by atoms with Gasteiger partial charge in [-0.25, -0.2) is 0 Å². The maximum Gasteiger partial charge on any atom is 0.278 e. The van der Waals surface area contributed by atoms with Gasteiger partial charge < -0.3 is 4.74 Å². The molecule has 2 aromatic heterocycles. The molecule has 0 spiro atoms. The van der Waals surface area contributed by atoms with Crippen molar-refractivity contribution in [1.82, 2.24) is 25.4 Å². The van der Waals surface area contributed by atoms with Crippen LogP contribution in [0.25, 0.3) is 0 Å². The molecular formula is C19H22N6O2. The van der Waals surface area contributed by atoms with Gasteiger partial charge in [0.25, 0.3) is 5.91 Å². The Balaban J connectivity index is 1.43. The van der Waals surface area contributed by atoms with E-state index in [9.17, 15) is 4.79 Å². The highest BCUT2D eigenvalue weighted by molar-refractivity contribution is 6.03. The zero-order chi connectivity index (χ0) is 18.6. The molecule has 4 rings (SSSR count). The first-order chi connectivity index (χ1) is 13.2. The maximum atomic E-state index is 12.6. The molecule has 1 aliphatic rings. The number of benzene rings is 1. The number of methoxy groups -OCH3 is 1. The molecule has 27 heavy (non-hydrogen) atoms. The normalized spacial score (nSPS) is 13.7. The number of fused-ring (bicyclic) bond motifs is 1. The Bertz CT molecular complexity index is 928. The summed E-state index contributed by atoms with van der Waals surface area (Å²) in [5.74, 6) is 1.47. The van der Waals surface area contributed by atoms with Gasteiger partial charge in [-0.2, -0.15) is 10.1 Å². The molecule has 1 aliphatic carbocycles. The van der Waals surface area contributed by atoms with Gasteiger partial charge in [0.1, 0.15) is 11.6 Å². The van der Waals surface area contributed by atoms with E-state index in [0.717, 1.165) is 48.3 Å². The zero-order valence-corrected chi connectivity index (χ0v) is 15.2. The SMILES string of the molecule is COc1ccc(Cc2nc(NC(=O)c3n[nH]c4c3CCCCC4)n[nH]2)cc1. The fourth-order valence-corrected chi connectivity index (χ4v) is 3.37. The van der Waals surface area contributed by atoms with E-state index in [1.807, 2.05) is 24.3 Å². The average Bonchev–Trinajstić information content (AvgIpc) is 3.22. The smallest absolute Gasteiger partial charge is 0.278 e. The molecule has 1 amide bonds. The largest absolute Gasteiger partial charge is 0.497 e. The second-order valence-corrected chi connectivity index (χ2v) is 6.67. The number of ether oxygens (including phenoxy) is 1. The number of carbonyl (C=O) groups excluding carboxylic acids is 1. The molecule has 3 N–H and O–H groups in total. The predicted octanol–water partition coefficient (Wildman–Crippen LogP) is 2.65. The number of carbonyl (C=O) groups is 1. The quantitative estimate of drug-likeness (QED) is 0.602. The first-order valence-electron chi connectivity index (χ1n) is 9.14. The molecule has 8 heteroatoms. The Morgan fingerprint density at radius 1 is 1.11 bits per heavy atom. The lowest BCUT2D eigenvalue weighted by atomic mass is 10.1. The first kappa shape index (κ1) is 17.3. The summed E-state index contributed by atoms with van der Waals surface area (Å²) >= 11 is 0. The van der Waals surface area contributed by atoms with Crippen molar-refractivity contribution in [3.63, 3.8) is 0 Å². The number of H-pyrrole nitrogens is 2. The molecule has 0 saturated carbocycles. The minimum atomic E-state index is -0.274. The number of rotatable bonds is 5. The van der Waals surface area contributed by atoms with E-state index >= 15 is 0 Å². The molecule has 8 nitrogen and oxygen atoms in total. The van der Waals surface area contributed by atoms with Crippen molar-refractivity contribution >= 4 is 11.9 Å². The van der Waals surface area contributed by atoms with Crippen LogP contribution in [0.2, 0.25) is 0 Å². The van der Waals surface area contributed by atoms with Gasteiger partial charge in [0.15, 0.2) is 5.69 Å². The average molecular weight is 366 g/mol. The number of hydrogen-bond acceptors (Lipinski definition) is 5. The number of hydrogen-bond donors (Lipinski definition) is 3. The minimum absolute atomic E-state index is 0.258. The fraction of sp³-hybridized carbons (Fsp3) is 0.368. The van der Waals surface area contributed by atoms with Crippen molar-refractivity contribution in [2.75, 3.05) is 12.4 Å². The molecule has 0 aliphatic heterocycles. The lowest BCUT2D eigenvalue weighted by Gasteiger charge is -2.02. The van der Waals surface area contributed by atoms with E-state index in [0.29, 0.717) is 17.9 Å². The van der Waals surface area contributed by atoms with Crippen molar-refractivity contribution in [2.24, 2.45) is 0 Å². The fourth-order valence-electron chi connectivity index (χ4n) is 3.37. The van der Waals surface area contributed by atoms with E-state index < -0.39 is 0 Å². The third-order valence-corrected chi connectivity index (χ3v) is 4.81. The van der Waals surface area contributed by atoms with Crippen molar-refractivity contribution in [3.05, 3.63) is 52.6 Å². The summed E-state index contributed by atoms with van der Waals surface area (Å²) in [4.78, 5) is 17.0. The number of anilines is 1. The molecule has 0 bridgehead atoms. The summed E-state index contributed by atoms with van der Waals surface area (Å²) < 4.78 is 5.16. The van der Waals surface area contributed by atoms with Crippen LogP contribution in [-0.4, -0.2) is 38.4 Å². The van der Waals surface area contributed by atoms with Crippen LogP contribution in [0.1, 0.15) is 52.4 Å². The number of nitrogens with zero attached hydrogens (tertiary/aromatic N) is 3. The highest BCUT2D eigenvalue weighted by Gasteiger charge is 2.21. The number of nitrogens with one attached hydrogen (secondary N) is 3. The van der Waals surface area contributed by atoms with Crippen LogP contribution >= 0.6 is 0 Å². The third kappa shape index (κ3) is 3.84. The van der Waals surface area contributed by atoms with E-state index in [1.54, 1.807) is 7.11 Å². The topological polar surface area (TPSA) is 109 Å². The van der Waals surface area contributed by atoms with E-state index in [2.05, 4.69) is 30.7 Å². The van der Waals surface area contributed by atoms with E-state index in [4.69, 9.17) is 4.74 Å². The number of aromatic amines is 2. The second-order valence-electron chi connectivity index (χ2n) is 6.67. The Kier molecular flexibility index (Phi) is 4.86. The van der Waals surface area contributed by atoms with Gasteiger partial charge >= 0.3 is 0 Å². The van der Waals surface area contributed by atoms with Gasteiger partial charge in [0.05, 0.1) is 7.11 Å². The van der Waals surface area contributed by atoms with Gasteiger partial charge in [-0.3, -0.25) is 20.3 Å². The number of aromatic nitrogens is 5. The summed E-state index contributed by atoms with van der Waals surface area (Å²) in [7, 11) is 1.64. The monoisotopic (exact) mass is 366 g/mol. The van der Waals surface area contributed by atoms with Gasteiger partial charge in [-0.05, 0) is 43.4 Å². The first-order valence-corrected chi connectivity index (χ1v) is 9.14. The zero-order valence-electron chi connectivity index (χ0n) is 15.2. The minimum Gasteiger partial charge on any atom is -0.497 e. The Hall–Kier alpha value is -3.16. The lowest BCUT2D eigenvalue weighted by molar-refractivity contribution is 0.102. The van der Waals surface area contributed by atoms with Crippen LogP contribution in [-0.2, 0) is 19.3 Å². The number of aryl methyl sites for hydroxylation is 1. The Morgan fingerprint density at radius 3 is 2.74 bits per heavy atom. The highest BCUT2D eigenvalue weighted by atomic mass is 16.5. The molecule has 0 saturated heterocycles. The Labute approximate surface area is 156 Å². The van der Waals surface area contributed by atoms with Gasteiger partial charge in [0.2, 0.25) is 5.95 Å². The summed E-state index contributed by atoms with van der Waals surface area (Å²) in [6, 6.07) is 7.74. The van der Waals surface area contributed by atoms with Crippen LogP contribution in [0, 0.1) is 0 Å². The molecule has 1 aromatic carbocycles. The highest BCUT2D eigenvalue weighted by Crippen LogP contribution is 2.22. The summed E-state index contributed by atoms with van der Waals surface area (Å²) in [6.45, 7) is 0. The van der Waals surface area contributed by atoms with Crippen LogP contribution in [0.5, 0.6) is 5.75 Å². The summed E-state index contributed by atoms with van der Waals surface area (Å²) in [5, 5.41) is 16.9. The van der Waals surface area contributed by atoms with Crippen molar-refractivity contribution in [1.29, 1.82) is 0 Å². The molecule has 140 valence electrons. The Morgan fingerprint density at radius 2 is 1.93 bits per heavy atom. The van der Waals surface area contributed by atoms with E-state index in [-0.39, 0.29) is 11.9 Å². The van der Waals surface area contributed by atoms with Crippen LogP contribution in [0.4, 0.5) is 5.95 Å². The van der Waals surface area contributed by atoms with Crippen molar-refractivity contribution in [2.45, 2.75) is 38.5 Å². The maximum absolute atomic E-state index is 12.6. The molecule has 3 aromatic rings. The van der Waals surface area contributed by atoms with Crippen molar-refractivity contribution < 1.29 is 9.53 Å². The lowest BCUT2D eigenvalue weighted by Crippen LogP contribution is -2.15. The van der Waals surface area contributed by atoms with Crippen LogP contribution < -0.4 is 10.1 Å². The van der Waals surface area contributed by atoms with Gasteiger partial charge in [-0.1, -0.05) is 18.6 Å². The summed E-state index contributed by atoms with van der Waals surface area (Å²) in [5.41, 5.74) is 3.63. The molecular weight excluding hydrogens is 344 g/mol. The summed E-state index contributed by atoms with van der Waals surface area (Å²) in [6.07, 6.45) is 5.81. The van der Waals surface area contributed by atoms with Gasteiger partial charge in [-0.15, -0.1) is 5.10 Å². The standard InChI is InChI=1S/C19H22N6O2/c1-27-13-9-7-12(8-10-13)11-16-20-19(25-23-16)21-18(26)17-14-5-3-2-4-6-15(14)22-24-17/h7-10H,2-6,11H2,1H3,(H,22,24)(H2,20,21,23,25,26). The van der Waals surface area contributed by atoms with Gasteiger partial charge in [0, 0.05) is 17.7 Å². The van der Waals surface area contributed by atoms with Crippen molar-refractivity contribution in [3.8, 4) is 5.75 Å². The molecule has 0 radical (unpaired) electrons. The van der Waals surface area contributed by atoms with Crippen LogP contribution in [0.3, 0.4) is 0 Å². The molecule has 0 fully saturated rings. The second kappa shape index (κ2) is 7.61. The molecule has 0 unspecified atom stereocenters. The third-order valence-electron chi connectivity index (χ3n) is 4.81. The van der Waals surface area contributed by atoms with Crippen LogP contribution in [0.15, 0.2) is 24.3 Å². The number of amides is 1. The molecule has 2 heterocycles. The predicted molar refractivity (Wildman–Crippen MR) is 100.0 cm³/mol. The molecule has 0 atom stereocenters. The van der Waals surface area contributed by atoms with E-state index in [1.165, 1.54) is 6.42 Å².